The Bertz CT molecular complexity index is 326. The Morgan fingerprint density at radius 1 is 1.20 bits per heavy atom. The van der Waals surface area contributed by atoms with Gasteiger partial charge in [-0.3, -0.25) is 0 Å². The van der Waals surface area contributed by atoms with Gasteiger partial charge < -0.3 is 4.43 Å². The van der Waals surface area contributed by atoms with Gasteiger partial charge in [0.25, 0.3) is 0 Å². The lowest BCUT2D eigenvalue weighted by Gasteiger charge is -2.33. The minimum Gasteiger partial charge on any atom is -0.404 e. The van der Waals surface area contributed by atoms with Gasteiger partial charge in [0.1, 0.15) is 0 Å². The lowest BCUT2D eigenvalue weighted by atomic mass is 10.2. The van der Waals surface area contributed by atoms with Crippen molar-refractivity contribution >= 4 is 13.5 Å². The first-order valence-electron chi connectivity index (χ1n) is 5.27. The van der Waals surface area contributed by atoms with E-state index in [1.54, 1.807) is 0 Å². The zero-order valence-electron chi connectivity index (χ0n) is 10.1. The van der Waals surface area contributed by atoms with Gasteiger partial charge in [-0.15, -0.1) is 6.58 Å². The van der Waals surface area contributed by atoms with Crippen LogP contribution in [-0.2, 0) is 4.43 Å². The highest BCUT2D eigenvalue weighted by atomic mass is 28.4. The van der Waals surface area contributed by atoms with Crippen molar-refractivity contribution in [1.82, 2.24) is 0 Å². The second kappa shape index (κ2) is 4.33. The van der Waals surface area contributed by atoms with Gasteiger partial charge in [-0.1, -0.05) is 36.0 Å². The van der Waals surface area contributed by atoms with Crippen LogP contribution in [0.1, 0.15) is 20.8 Å². The molecule has 0 aliphatic carbocycles. The molecule has 1 atom stereocenters. The van der Waals surface area contributed by atoms with Crippen LogP contribution in [0.15, 0.2) is 42.6 Å². The monoisotopic (exact) mass is 220 g/mol. The maximum Gasteiger partial charge on any atom is 0.245 e. The molecule has 0 N–H and O–H groups in total. The molecule has 1 rings (SSSR count). The van der Waals surface area contributed by atoms with Crippen molar-refractivity contribution in [3.05, 3.63) is 42.6 Å². The summed E-state index contributed by atoms with van der Waals surface area (Å²) < 4.78 is 6.18. The van der Waals surface area contributed by atoms with Crippen molar-refractivity contribution in [2.75, 3.05) is 0 Å². The second-order valence-corrected chi connectivity index (χ2v) is 8.30. The van der Waals surface area contributed by atoms with E-state index in [-0.39, 0.29) is 5.60 Å². The summed E-state index contributed by atoms with van der Waals surface area (Å²) in [4.78, 5) is 0. The zero-order chi connectivity index (χ0) is 11.5. The Morgan fingerprint density at radius 2 is 1.73 bits per heavy atom. The topological polar surface area (TPSA) is 9.23 Å². The summed E-state index contributed by atoms with van der Waals surface area (Å²) in [5, 5.41) is 1.27. The van der Waals surface area contributed by atoms with Gasteiger partial charge in [0.05, 0.1) is 0 Å². The van der Waals surface area contributed by atoms with Gasteiger partial charge in [0.2, 0.25) is 8.32 Å². The molecule has 0 saturated heterocycles. The van der Waals surface area contributed by atoms with Crippen molar-refractivity contribution in [2.45, 2.75) is 32.9 Å². The van der Waals surface area contributed by atoms with Gasteiger partial charge in [-0.25, -0.2) is 0 Å². The minimum atomic E-state index is -1.97. The fourth-order valence-electron chi connectivity index (χ4n) is 1.62. The fraction of sp³-hybridized carbons (Fsp3) is 0.385. The Balaban J connectivity index is 3.01. The molecular weight excluding hydrogens is 200 g/mol. The predicted octanol–water partition coefficient (Wildman–Crippen LogP) is 3.01. The third-order valence-electron chi connectivity index (χ3n) is 2.25. The molecule has 0 aliphatic heterocycles. The average molecular weight is 220 g/mol. The number of benzene rings is 1. The van der Waals surface area contributed by atoms with Crippen LogP contribution in [-0.4, -0.2) is 13.9 Å². The normalized spacial score (nSPS) is 15.7. The van der Waals surface area contributed by atoms with E-state index in [9.17, 15) is 0 Å². The molecule has 0 aromatic heterocycles. The van der Waals surface area contributed by atoms with E-state index in [0.29, 0.717) is 0 Å². The highest BCUT2D eigenvalue weighted by Gasteiger charge is 2.32. The van der Waals surface area contributed by atoms with Crippen LogP contribution >= 0.6 is 0 Å². The maximum atomic E-state index is 6.18. The molecule has 0 spiro atoms. The summed E-state index contributed by atoms with van der Waals surface area (Å²) in [7, 11) is -1.97. The van der Waals surface area contributed by atoms with Crippen LogP contribution in [0, 0.1) is 0 Å². The Labute approximate surface area is 93.9 Å². The van der Waals surface area contributed by atoms with Gasteiger partial charge in [0.15, 0.2) is 0 Å². The minimum absolute atomic E-state index is 0.120. The Kier molecular flexibility index (Phi) is 3.53. The molecule has 0 radical (unpaired) electrons. The zero-order valence-corrected chi connectivity index (χ0v) is 11.1. The maximum absolute atomic E-state index is 6.18. The van der Waals surface area contributed by atoms with Gasteiger partial charge >= 0.3 is 0 Å². The summed E-state index contributed by atoms with van der Waals surface area (Å²) in [6, 6.07) is 10.4. The van der Waals surface area contributed by atoms with E-state index >= 15 is 0 Å². The highest BCUT2D eigenvalue weighted by molar-refractivity contribution is 6.89. The summed E-state index contributed by atoms with van der Waals surface area (Å²) in [6.45, 7) is 12.4. The summed E-state index contributed by atoms with van der Waals surface area (Å²) in [5.74, 6) is 0. The number of hydrogen-bond donors (Lipinski definition) is 0. The second-order valence-electron chi connectivity index (χ2n) is 4.89. The van der Waals surface area contributed by atoms with Crippen molar-refractivity contribution in [3.8, 4) is 0 Å². The molecule has 0 saturated carbocycles. The first-order valence-corrected chi connectivity index (χ1v) is 7.75. The molecule has 2 heteroatoms. The van der Waals surface area contributed by atoms with Crippen molar-refractivity contribution in [2.24, 2.45) is 0 Å². The third kappa shape index (κ3) is 3.32. The molecule has 0 amide bonds. The van der Waals surface area contributed by atoms with Gasteiger partial charge in [-0.05, 0) is 32.5 Å². The van der Waals surface area contributed by atoms with Crippen LogP contribution in [0.25, 0.3) is 0 Å². The van der Waals surface area contributed by atoms with E-state index in [1.165, 1.54) is 5.19 Å². The molecule has 1 nitrogen and oxygen atoms in total. The van der Waals surface area contributed by atoms with Crippen LogP contribution in [0.4, 0.5) is 0 Å². The Morgan fingerprint density at radius 3 is 2.13 bits per heavy atom. The van der Waals surface area contributed by atoms with Gasteiger partial charge in [-0.2, -0.15) is 0 Å². The van der Waals surface area contributed by atoms with Gasteiger partial charge in [0, 0.05) is 5.60 Å². The van der Waals surface area contributed by atoms with E-state index in [4.69, 9.17) is 4.43 Å². The van der Waals surface area contributed by atoms with Crippen molar-refractivity contribution in [1.29, 1.82) is 0 Å². The van der Waals surface area contributed by atoms with Crippen molar-refractivity contribution < 1.29 is 4.43 Å². The smallest absolute Gasteiger partial charge is 0.245 e. The quantitative estimate of drug-likeness (QED) is 0.712. The van der Waals surface area contributed by atoms with Crippen LogP contribution in [0.2, 0.25) is 6.55 Å². The van der Waals surface area contributed by atoms with Crippen LogP contribution in [0.5, 0.6) is 0 Å². The first kappa shape index (κ1) is 12.2. The summed E-state index contributed by atoms with van der Waals surface area (Å²) in [6.07, 6.45) is 0. The average Bonchev–Trinajstić information content (AvgIpc) is 2.16. The molecule has 1 aromatic carbocycles. The van der Waals surface area contributed by atoms with E-state index in [2.05, 4.69) is 58.2 Å². The highest BCUT2D eigenvalue weighted by Crippen LogP contribution is 2.17. The molecular formula is C13H20OSi. The van der Waals surface area contributed by atoms with Crippen molar-refractivity contribution in [3.63, 3.8) is 0 Å². The van der Waals surface area contributed by atoms with E-state index in [1.807, 2.05) is 11.8 Å². The summed E-state index contributed by atoms with van der Waals surface area (Å²) >= 11 is 0. The molecule has 15 heavy (non-hydrogen) atoms. The molecule has 0 fully saturated rings. The SMILES string of the molecule is C=C[Si](C)(OC(C)(C)C)c1ccccc1. The largest absolute Gasteiger partial charge is 0.404 e. The summed E-state index contributed by atoms with van der Waals surface area (Å²) in [5.41, 5.74) is 1.87. The third-order valence-corrected chi connectivity index (χ3v) is 5.55. The van der Waals surface area contributed by atoms with Crippen LogP contribution < -0.4 is 5.19 Å². The molecule has 1 aromatic rings. The Hall–Kier alpha value is -0.863. The van der Waals surface area contributed by atoms with Crippen LogP contribution in [0.3, 0.4) is 0 Å². The standard InChI is InChI=1S/C13H20OSi/c1-6-15(5,14-13(2,3)4)12-10-8-7-9-11-12/h6-11H,1H2,2-5H3. The molecule has 0 aliphatic rings. The lowest BCUT2D eigenvalue weighted by molar-refractivity contribution is 0.127. The fourth-order valence-corrected chi connectivity index (χ4v) is 4.19. The first-order chi connectivity index (χ1) is 6.87. The number of hydrogen-bond acceptors (Lipinski definition) is 1. The van der Waals surface area contributed by atoms with E-state index < -0.39 is 8.32 Å². The molecule has 1 unspecified atom stereocenters. The number of rotatable bonds is 3. The molecule has 0 heterocycles. The lowest BCUT2D eigenvalue weighted by Crippen LogP contribution is -2.50. The van der Waals surface area contributed by atoms with E-state index in [0.717, 1.165) is 0 Å². The molecule has 0 bridgehead atoms. The predicted molar refractivity (Wildman–Crippen MR) is 68.7 cm³/mol. The molecule has 82 valence electrons.